The van der Waals surface area contributed by atoms with Gasteiger partial charge in [0.15, 0.2) is 0 Å². The summed E-state index contributed by atoms with van der Waals surface area (Å²) in [5.41, 5.74) is 1.25. The van der Waals surface area contributed by atoms with Gasteiger partial charge < -0.3 is 14.6 Å². The Bertz CT molecular complexity index is 350. The number of hydrogen-bond acceptors (Lipinski definition) is 3. The molecule has 1 N–H and O–H groups in total. The van der Waals surface area contributed by atoms with Crippen molar-refractivity contribution in [1.82, 2.24) is 0 Å². The zero-order chi connectivity index (χ0) is 12.1. The number of rotatable bonds is 5. The average molecular weight is 228 g/mol. The van der Waals surface area contributed by atoms with Crippen molar-refractivity contribution in [2.24, 2.45) is 0 Å². The van der Waals surface area contributed by atoms with Crippen LogP contribution in [0.1, 0.15) is 18.1 Å². The van der Waals surface area contributed by atoms with Crippen LogP contribution < -0.4 is 9.47 Å². The summed E-state index contributed by atoms with van der Waals surface area (Å²) in [7, 11) is 3.03. The van der Waals surface area contributed by atoms with Crippen molar-refractivity contribution in [3.05, 3.63) is 23.3 Å². The maximum absolute atomic E-state index is 12.7. The molecule has 0 radical (unpaired) electrons. The van der Waals surface area contributed by atoms with Crippen molar-refractivity contribution >= 4 is 0 Å². The largest absolute Gasteiger partial charge is 0.496 e. The summed E-state index contributed by atoms with van der Waals surface area (Å²) >= 11 is 0. The molecule has 1 atom stereocenters. The molecule has 0 aromatic heterocycles. The third-order valence-electron chi connectivity index (χ3n) is 2.34. The van der Waals surface area contributed by atoms with Crippen LogP contribution in [0.25, 0.3) is 0 Å². The van der Waals surface area contributed by atoms with Crippen molar-refractivity contribution in [3.8, 4) is 11.5 Å². The second kappa shape index (κ2) is 5.70. The van der Waals surface area contributed by atoms with Gasteiger partial charge in [-0.1, -0.05) is 0 Å². The summed E-state index contributed by atoms with van der Waals surface area (Å²) in [4.78, 5) is 0. The first kappa shape index (κ1) is 12.8. The SMILES string of the molecule is COc1cc(OC)c(CC(C)O)cc1CF. The fourth-order valence-corrected chi connectivity index (χ4v) is 1.62. The second-order valence-corrected chi connectivity index (χ2v) is 3.66. The van der Waals surface area contributed by atoms with Crippen molar-refractivity contribution in [1.29, 1.82) is 0 Å². The van der Waals surface area contributed by atoms with E-state index in [9.17, 15) is 9.50 Å². The Balaban J connectivity index is 3.15. The number of alkyl halides is 1. The summed E-state index contributed by atoms with van der Waals surface area (Å²) in [5.74, 6) is 1.07. The van der Waals surface area contributed by atoms with Gasteiger partial charge in [-0.05, 0) is 18.6 Å². The van der Waals surface area contributed by atoms with Crippen molar-refractivity contribution in [3.63, 3.8) is 0 Å². The van der Waals surface area contributed by atoms with E-state index in [-0.39, 0.29) is 0 Å². The topological polar surface area (TPSA) is 38.7 Å². The Hall–Kier alpha value is -1.29. The smallest absolute Gasteiger partial charge is 0.128 e. The standard InChI is InChI=1S/C12H17FO3/c1-8(14)4-9-5-10(7-13)12(16-3)6-11(9)15-2/h5-6,8,14H,4,7H2,1-3H3. The Morgan fingerprint density at radius 1 is 1.19 bits per heavy atom. The Kier molecular flexibility index (Phi) is 4.55. The van der Waals surface area contributed by atoms with Crippen LogP contribution in [-0.4, -0.2) is 25.4 Å². The maximum atomic E-state index is 12.7. The zero-order valence-electron chi connectivity index (χ0n) is 9.79. The van der Waals surface area contributed by atoms with Crippen LogP contribution >= 0.6 is 0 Å². The number of methoxy groups -OCH3 is 2. The van der Waals surface area contributed by atoms with E-state index in [1.54, 1.807) is 19.1 Å². The van der Waals surface area contributed by atoms with E-state index in [0.717, 1.165) is 5.56 Å². The molecular weight excluding hydrogens is 211 g/mol. The van der Waals surface area contributed by atoms with Crippen LogP contribution in [0.5, 0.6) is 11.5 Å². The van der Waals surface area contributed by atoms with Gasteiger partial charge in [-0.15, -0.1) is 0 Å². The van der Waals surface area contributed by atoms with Crippen molar-refractivity contribution in [2.75, 3.05) is 14.2 Å². The molecule has 0 fully saturated rings. The Labute approximate surface area is 94.8 Å². The minimum atomic E-state index is -0.597. The average Bonchev–Trinajstić information content (AvgIpc) is 2.27. The molecule has 4 heteroatoms. The Morgan fingerprint density at radius 3 is 2.19 bits per heavy atom. The van der Waals surface area contributed by atoms with Crippen LogP contribution in [0.4, 0.5) is 4.39 Å². The molecule has 1 unspecified atom stereocenters. The molecule has 90 valence electrons. The number of benzene rings is 1. The highest BCUT2D eigenvalue weighted by atomic mass is 19.1. The van der Waals surface area contributed by atoms with Crippen LogP contribution in [0.2, 0.25) is 0 Å². The lowest BCUT2D eigenvalue weighted by Gasteiger charge is -2.14. The highest BCUT2D eigenvalue weighted by Gasteiger charge is 2.12. The summed E-state index contributed by atoms with van der Waals surface area (Å²) in [6, 6.07) is 3.32. The second-order valence-electron chi connectivity index (χ2n) is 3.66. The summed E-state index contributed by atoms with van der Waals surface area (Å²) in [6.07, 6.45) is -0.0602. The first-order chi connectivity index (χ1) is 7.62. The van der Waals surface area contributed by atoms with E-state index < -0.39 is 12.8 Å². The predicted octanol–water partition coefficient (Wildman–Crippen LogP) is 2.10. The van der Waals surface area contributed by atoms with E-state index >= 15 is 0 Å². The number of halogens is 1. The molecule has 0 aliphatic heterocycles. The molecule has 0 aliphatic carbocycles. The molecule has 1 aromatic rings. The normalized spacial score (nSPS) is 12.3. The van der Waals surface area contributed by atoms with Crippen molar-refractivity contribution < 1.29 is 19.0 Å². The van der Waals surface area contributed by atoms with Gasteiger partial charge in [0, 0.05) is 18.1 Å². The molecule has 0 aliphatic rings. The fraction of sp³-hybridized carbons (Fsp3) is 0.500. The molecule has 0 saturated heterocycles. The number of aliphatic hydroxyl groups excluding tert-OH is 1. The third kappa shape index (κ3) is 2.85. The molecular formula is C12H17FO3. The van der Waals surface area contributed by atoms with E-state index in [1.807, 2.05) is 0 Å². The first-order valence-electron chi connectivity index (χ1n) is 5.10. The van der Waals surface area contributed by atoms with Gasteiger partial charge in [-0.25, -0.2) is 4.39 Å². The zero-order valence-corrected chi connectivity index (χ0v) is 9.79. The number of aliphatic hydroxyl groups is 1. The van der Waals surface area contributed by atoms with Crippen molar-refractivity contribution in [2.45, 2.75) is 26.1 Å². The van der Waals surface area contributed by atoms with E-state index in [4.69, 9.17) is 9.47 Å². The summed E-state index contributed by atoms with van der Waals surface area (Å²) < 4.78 is 23.0. The van der Waals surface area contributed by atoms with Gasteiger partial charge in [0.1, 0.15) is 18.2 Å². The van der Waals surface area contributed by atoms with E-state index in [0.29, 0.717) is 23.5 Å². The fourth-order valence-electron chi connectivity index (χ4n) is 1.62. The molecule has 1 aromatic carbocycles. The highest BCUT2D eigenvalue weighted by Crippen LogP contribution is 2.30. The number of hydrogen-bond donors (Lipinski definition) is 1. The predicted molar refractivity (Wildman–Crippen MR) is 59.7 cm³/mol. The minimum Gasteiger partial charge on any atom is -0.496 e. The van der Waals surface area contributed by atoms with Gasteiger partial charge >= 0.3 is 0 Å². The molecule has 3 nitrogen and oxygen atoms in total. The molecule has 16 heavy (non-hydrogen) atoms. The van der Waals surface area contributed by atoms with Gasteiger partial charge in [-0.3, -0.25) is 0 Å². The van der Waals surface area contributed by atoms with Crippen LogP contribution in [-0.2, 0) is 13.1 Å². The van der Waals surface area contributed by atoms with Crippen LogP contribution in [0, 0.1) is 0 Å². The molecule has 0 heterocycles. The van der Waals surface area contributed by atoms with E-state index in [1.165, 1.54) is 14.2 Å². The van der Waals surface area contributed by atoms with Gasteiger partial charge in [-0.2, -0.15) is 0 Å². The van der Waals surface area contributed by atoms with Gasteiger partial charge in [0.2, 0.25) is 0 Å². The summed E-state index contributed by atoms with van der Waals surface area (Å²) in [6.45, 7) is 1.08. The molecule has 0 bridgehead atoms. The monoisotopic (exact) mass is 228 g/mol. The summed E-state index contributed by atoms with van der Waals surface area (Å²) in [5, 5.41) is 9.34. The lowest BCUT2D eigenvalue weighted by molar-refractivity contribution is 0.194. The quantitative estimate of drug-likeness (QED) is 0.838. The Morgan fingerprint density at radius 2 is 1.75 bits per heavy atom. The first-order valence-corrected chi connectivity index (χ1v) is 5.10. The number of ether oxygens (including phenoxy) is 2. The van der Waals surface area contributed by atoms with Crippen LogP contribution in [0.3, 0.4) is 0 Å². The minimum absolute atomic E-state index is 0.431. The molecule has 1 rings (SSSR count). The lowest BCUT2D eigenvalue weighted by Crippen LogP contribution is -2.07. The molecule has 0 amide bonds. The lowest BCUT2D eigenvalue weighted by atomic mass is 10.0. The highest BCUT2D eigenvalue weighted by molar-refractivity contribution is 5.46. The van der Waals surface area contributed by atoms with Crippen LogP contribution in [0.15, 0.2) is 12.1 Å². The molecule has 0 saturated carbocycles. The van der Waals surface area contributed by atoms with E-state index in [2.05, 4.69) is 0 Å². The molecule has 0 spiro atoms. The maximum Gasteiger partial charge on any atom is 0.128 e. The third-order valence-corrected chi connectivity index (χ3v) is 2.34. The van der Waals surface area contributed by atoms with Gasteiger partial charge in [0.05, 0.1) is 20.3 Å². The van der Waals surface area contributed by atoms with Gasteiger partial charge in [0.25, 0.3) is 0 Å².